The molecule has 1 N–H and O–H groups in total. The van der Waals surface area contributed by atoms with Crippen molar-refractivity contribution in [3.63, 3.8) is 0 Å². The lowest BCUT2D eigenvalue weighted by Gasteiger charge is -2.23. The molecule has 8 heteroatoms. The molecule has 6 nitrogen and oxygen atoms in total. The lowest BCUT2D eigenvalue weighted by Crippen LogP contribution is -2.41. The number of hydrogen-bond donors (Lipinski definition) is 1. The summed E-state index contributed by atoms with van der Waals surface area (Å²) in [4.78, 5) is 39.1. The monoisotopic (exact) mass is 444 g/mol. The van der Waals surface area contributed by atoms with Gasteiger partial charge in [-0.3, -0.25) is 9.69 Å². The summed E-state index contributed by atoms with van der Waals surface area (Å²) in [6.45, 7) is 5.38. The average molecular weight is 445 g/mol. The molecule has 3 amide bonds. The van der Waals surface area contributed by atoms with E-state index >= 15 is 0 Å². The van der Waals surface area contributed by atoms with Crippen molar-refractivity contribution in [1.82, 2.24) is 10.2 Å². The fourth-order valence-electron chi connectivity index (χ4n) is 3.70. The van der Waals surface area contributed by atoms with Crippen LogP contribution in [-0.4, -0.2) is 16.8 Å². The largest absolute Gasteiger partial charge is 0.423 e. The third-order valence-corrected chi connectivity index (χ3v) is 6.07. The van der Waals surface area contributed by atoms with Gasteiger partial charge in [0, 0.05) is 27.1 Å². The molecule has 1 atom stereocenters. The SMILES string of the molecule is Cc1cc2oc(=O)cc(CN3C(=O)NC(C)(c4ccc(Cl)cc4Cl)C3=O)c2cc1C. The van der Waals surface area contributed by atoms with Crippen LogP contribution in [0.2, 0.25) is 10.0 Å². The predicted octanol–water partition coefficient (Wildman–Crippen LogP) is 4.68. The van der Waals surface area contributed by atoms with Crippen LogP contribution in [0.15, 0.2) is 45.6 Å². The summed E-state index contributed by atoms with van der Waals surface area (Å²) < 4.78 is 5.30. The summed E-state index contributed by atoms with van der Waals surface area (Å²) in [5.41, 5.74) is 1.47. The third-order valence-electron chi connectivity index (χ3n) is 5.52. The highest BCUT2D eigenvalue weighted by molar-refractivity contribution is 6.35. The van der Waals surface area contributed by atoms with Crippen LogP contribution in [-0.2, 0) is 16.9 Å². The van der Waals surface area contributed by atoms with E-state index in [9.17, 15) is 14.4 Å². The van der Waals surface area contributed by atoms with Gasteiger partial charge in [0.1, 0.15) is 11.1 Å². The first kappa shape index (κ1) is 20.4. The maximum absolute atomic E-state index is 13.3. The summed E-state index contributed by atoms with van der Waals surface area (Å²) in [6, 6.07) is 9.14. The Morgan fingerprint density at radius 1 is 1.03 bits per heavy atom. The Labute approximate surface area is 182 Å². The van der Waals surface area contributed by atoms with Crippen molar-refractivity contribution in [2.75, 3.05) is 0 Å². The van der Waals surface area contributed by atoms with Crippen LogP contribution in [0.25, 0.3) is 11.0 Å². The van der Waals surface area contributed by atoms with E-state index in [2.05, 4.69) is 5.32 Å². The number of carbonyl (C=O) groups excluding carboxylic acids is 2. The summed E-state index contributed by atoms with van der Waals surface area (Å²) in [6.07, 6.45) is 0. The highest BCUT2D eigenvalue weighted by Gasteiger charge is 2.50. The number of nitrogens with zero attached hydrogens (tertiary/aromatic N) is 1. The van der Waals surface area contributed by atoms with Gasteiger partial charge in [0.15, 0.2) is 0 Å². The van der Waals surface area contributed by atoms with Crippen LogP contribution in [0.5, 0.6) is 0 Å². The molecule has 2 aromatic carbocycles. The van der Waals surface area contributed by atoms with E-state index in [1.54, 1.807) is 25.1 Å². The number of amides is 3. The molecule has 0 radical (unpaired) electrons. The van der Waals surface area contributed by atoms with Crippen molar-refractivity contribution in [3.8, 4) is 0 Å². The molecule has 154 valence electrons. The van der Waals surface area contributed by atoms with Gasteiger partial charge in [-0.25, -0.2) is 9.59 Å². The van der Waals surface area contributed by atoms with Crippen LogP contribution in [0.1, 0.15) is 29.2 Å². The van der Waals surface area contributed by atoms with Gasteiger partial charge in [-0.05, 0) is 61.7 Å². The van der Waals surface area contributed by atoms with Crippen LogP contribution >= 0.6 is 23.2 Å². The molecule has 0 bridgehead atoms. The molecule has 0 saturated carbocycles. The number of nitrogens with one attached hydrogen (secondary N) is 1. The number of aryl methyl sites for hydroxylation is 2. The van der Waals surface area contributed by atoms with Crippen molar-refractivity contribution in [1.29, 1.82) is 0 Å². The number of benzene rings is 2. The van der Waals surface area contributed by atoms with E-state index in [1.165, 1.54) is 12.1 Å². The third kappa shape index (κ3) is 3.26. The second-order valence-electron chi connectivity index (χ2n) is 7.59. The minimum absolute atomic E-state index is 0.0733. The predicted molar refractivity (Wildman–Crippen MR) is 115 cm³/mol. The van der Waals surface area contributed by atoms with E-state index < -0.39 is 23.1 Å². The standard InChI is InChI=1S/C22H18Cl2N2O4/c1-11-6-15-13(8-19(27)30-18(15)7-12(11)2)10-26-20(28)22(3,25-21(26)29)16-5-4-14(23)9-17(16)24/h4-9H,10H2,1-3H3,(H,25,29). The minimum Gasteiger partial charge on any atom is -0.423 e. The fourth-order valence-corrected chi connectivity index (χ4v) is 4.30. The number of fused-ring (bicyclic) bond motifs is 1. The van der Waals surface area contributed by atoms with E-state index in [0.717, 1.165) is 16.0 Å². The van der Waals surface area contributed by atoms with Crippen molar-refractivity contribution >= 4 is 46.1 Å². The number of halogens is 2. The first-order valence-corrected chi connectivity index (χ1v) is 9.99. The summed E-state index contributed by atoms with van der Waals surface area (Å²) in [7, 11) is 0. The van der Waals surface area contributed by atoms with Crippen molar-refractivity contribution in [2.45, 2.75) is 32.9 Å². The molecular weight excluding hydrogens is 427 g/mol. The van der Waals surface area contributed by atoms with E-state index in [1.807, 2.05) is 19.9 Å². The topological polar surface area (TPSA) is 79.6 Å². The summed E-state index contributed by atoms with van der Waals surface area (Å²) >= 11 is 12.2. The number of urea groups is 1. The van der Waals surface area contributed by atoms with Crippen LogP contribution in [0, 0.1) is 13.8 Å². The molecule has 1 aromatic heterocycles. The Kier molecular flexibility index (Phi) is 4.87. The van der Waals surface area contributed by atoms with E-state index in [0.29, 0.717) is 27.1 Å². The van der Waals surface area contributed by atoms with Gasteiger partial charge in [0.2, 0.25) is 0 Å². The highest BCUT2D eigenvalue weighted by atomic mass is 35.5. The Morgan fingerprint density at radius 3 is 2.43 bits per heavy atom. The molecule has 1 saturated heterocycles. The van der Waals surface area contributed by atoms with E-state index in [4.69, 9.17) is 27.6 Å². The molecule has 2 heterocycles. The van der Waals surface area contributed by atoms with Gasteiger partial charge >= 0.3 is 11.7 Å². The summed E-state index contributed by atoms with van der Waals surface area (Å²) in [5.74, 6) is -0.470. The molecule has 1 aliphatic rings. The minimum atomic E-state index is -1.35. The first-order valence-electron chi connectivity index (χ1n) is 9.24. The molecule has 0 aliphatic carbocycles. The van der Waals surface area contributed by atoms with Crippen molar-refractivity contribution in [2.24, 2.45) is 0 Å². The van der Waals surface area contributed by atoms with Crippen LogP contribution < -0.4 is 10.9 Å². The Hall–Kier alpha value is -2.83. The normalized spacial score (nSPS) is 18.9. The lowest BCUT2D eigenvalue weighted by atomic mass is 9.92. The Balaban J connectivity index is 1.76. The number of imide groups is 1. The first-order chi connectivity index (χ1) is 14.1. The van der Waals surface area contributed by atoms with Crippen molar-refractivity contribution < 1.29 is 14.0 Å². The molecule has 30 heavy (non-hydrogen) atoms. The van der Waals surface area contributed by atoms with Gasteiger partial charge in [0.05, 0.1) is 6.54 Å². The smallest absolute Gasteiger partial charge is 0.336 e. The Bertz CT molecular complexity index is 1280. The van der Waals surface area contributed by atoms with Gasteiger partial charge in [-0.15, -0.1) is 0 Å². The zero-order valence-electron chi connectivity index (χ0n) is 16.5. The molecule has 0 spiro atoms. The van der Waals surface area contributed by atoms with E-state index in [-0.39, 0.29) is 11.6 Å². The van der Waals surface area contributed by atoms with Gasteiger partial charge in [-0.1, -0.05) is 29.3 Å². The molecule has 1 unspecified atom stereocenters. The second kappa shape index (κ2) is 7.15. The van der Waals surface area contributed by atoms with Crippen molar-refractivity contribution in [3.05, 3.63) is 79.1 Å². The number of rotatable bonds is 3. The maximum atomic E-state index is 13.3. The molecular formula is C22H18Cl2N2O4. The fraction of sp³-hybridized carbons (Fsp3) is 0.227. The van der Waals surface area contributed by atoms with Gasteiger partial charge < -0.3 is 9.73 Å². The molecule has 1 aliphatic heterocycles. The lowest BCUT2D eigenvalue weighted by molar-refractivity contribution is -0.131. The highest BCUT2D eigenvalue weighted by Crippen LogP contribution is 2.36. The van der Waals surface area contributed by atoms with Gasteiger partial charge in [0.25, 0.3) is 5.91 Å². The number of hydrogen-bond acceptors (Lipinski definition) is 4. The zero-order chi connectivity index (χ0) is 21.8. The summed E-state index contributed by atoms with van der Waals surface area (Å²) in [5, 5.41) is 4.10. The maximum Gasteiger partial charge on any atom is 0.336 e. The Morgan fingerprint density at radius 2 is 1.73 bits per heavy atom. The second-order valence-corrected chi connectivity index (χ2v) is 8.44. The molecule has 4 rings (SSSR count). The van der Waals surface area contributed by atoms with Crippen LogP contribution in [0.3, 0.4) is 0 Å². The molecule has 1 fully saturated rings. The molecule has 3 aromatic rings. The quantitative estimate of drug-likeness (QED) is 0.469. The zero-order valence-corrected chi connectivity index (χ0v) is 18.0. The van der Waals surface area contributed by atoms with Crippen LogP contribution in [0.4, 0.5) is 4.79 Å². The average Bonchev–Trinajstić information content (AvgIpc) is 2.87. The van der Waals surface area contributed by atoms with Gasteiger partial charge in [-0.2, -0.15) is 0 Å². The number of carbonyl (C=O) groups is 2.